The van der Waals surface area contributed by atoms with Gasteiger partial charge in [0.15, 0.2) is 0 Å². The highest BCUT2D eigenvalue weighted by molar-refractivity contribution is 7.09. The van der Waals surface area contributed by atoms with E-state index in [-0.39, 0.29) is 5.92 Å². The van der Waals surface area contributed by atoms with Gasteiger partial charge in [0.25, 0.3) is 5.91 Å². The molecule has 0 saturated carbocycles. The van der Waals surface area contributed by atoms with Crippen molar-refractivity contribution in [2.45, 2.75) is 33.2 Å². The molecule has 0 spiro atoms. The van der Waals surface area contributed by atoms with Crippen LogP contribution in [0.5, 0.6) is 0 Å². The van der Waals surface area contributed by atoms with Gasteiger partial charge in [0.05, 0.1) is 10.7 Å². The van der Waals surface area contributed by atoms with Gasteiger partial charge in [-0.05, 0) is 18.9 Å². The van der Waals surface area contributed by atoms with Crippen LogP contribution in [-0.4, -0.2) is 33.0 Å². The van der Waals surface area contributed by atoms with E-state index in [1.165, 1.54) is 11.3 Å². The first-order valence-electron chi connectivity index (χ1n) is 7.07. The molecule has 0 aliphatic carbocycles. The maximum absolute atomic E-state index is 12.2. The number of carboxylic acid groups (broad SMARTS) is 1. The molecular formula is C15H19N3O3S. The molecule has 1 amide bonds. The molecule has 0 saturated heterocycles. The van der Waals surface area contributed by atoms with Crippen LogP contribution in [-0.2, 0) is 4.79 Å². The zero-order valence-corrected chi connectivity index (χ0v) is 13.5. The molecule has 3 N–H and O–H groups in total. The van der Waals surface area contributed by atoms with Crippen LogP contribution in [0.4, 0.5) is 0 Å². The van der Waals surface area contributed by atoms with E-state index < -0.39 is 17.9 Å². The Morgan fingerprint density at radius 2 is 2.23 bits per heavy atom. The summed E-state index contributed by atoms with van der Waals surface area (Å²) in [5.41, 5.74) is 1.94. The van der Waals surface area contributed by atoms with Crippen LogP contribution in [0.15, 0.2) is 17.6 Å². The Hall–Kier alpha value is -2.15. The van der Waals surface area contributed by atoms with E-state index in [2.05, 4.69) is 15.3 Å². The fourth-order valence-corrected chi connectivity index (χ4v) is 2.69. The van der Waals surface area contributed by atoms with E-state index >= 15 is 0 Å². The largest absolute Gasteiger partial charge is 0.480 e. The monoisotopic (exact) mass is 321 g/mol. The van der Waals surface area contributed by atoms with Crippen molar-refractivity contribution in [3.63, 3.8) is 0 Å². The molecule has 0 aromatic carbocycles. The summed E-state index contributed by atoms with van der Waals surface area (Å²) in [7, 11) is 0. The first-order chi connectivity index (χ1) is 10.4. The number of carboxylic acids is 1. The summed E-state index contributed by atoms with van der Waals surface area (Å²) in [5.74, 6) is -1.59. The fraction of sp³-hybridized carbons (Fsp3) is 0.400. The Morgan fingerprint density at radius 3 is 2.77 bits per heavy atom. The minimum Gasteiger partial charge on any atom is -0.480 e. The predicted octanol–water partition coefficient (Wildman–Crippen LogP) is 2.68. The molecule has 2 aromatic rings. The molecule has 0 aliphatic rings. The van der Waals surface area contributed by atoms with Gasteiger partial charge in [0, 0.05) is 17.1 Å². The molecule has 7 heteroatoms. The Morgan fingerprint density at radius 1 is 1.50 bits per heavy atom. The Balaban J connectivity index is 2.13. The maximum atomic E-state index is 12.2. The van der Waals surface area contributed by atoms with Crippen molar-refractivity contribution >= 4 is 23.2 Å². The quantitative estimate of drug-likeness (QED) is 0.762. The van der Waals surface area contributed by atoms with Crippen LogP contribution in [0.3, 0.4) is 0 Å². The Bertz CT molecular complexity index is 677. The highest BCUT2D eigenvalue weighted by atomic mass is 32.1. The molecule has 6 nitrogen and oxygen atoms in total. The van der Waals surface area contributed by atoms with E-state index in [0.717, 1.165) is 16.3 Å². The molecule has 2 heterocycles. The van der Waals surface area contributed by atoms with Crippen molar-refractivity contribution in [1.82, 2.24) is 15.3 Å². The van der Waals surface area contributed by atoms with E-state index in [0.29, 0.717) is 12.1 Å². The van der Waals surface area contributed by atoms with Crippen molar-refractivity contribution in [1.29, 1.82) is 0 Å². The molecule has 22 heavy (non-hydrogen) atoms. The van der Waals surface area contributed by atoms with Gasteiger partial charge >= 0.3 is 5.97 Å². The van der Waals surface area contributed by atoms with Crippen molar-refractivity contribution in [3.8, 4) is 11.3 Å². The zero-order valence-electron chi connectivity index (χ0n) is 12.7. The second-order valence-electron chi connectivity index (χ2n) is 5.23. The number of aromatic nitrogens is 2. The van der Waals surface area contributed by atoms with Crippen molar-refractivity contribution < 1.29 is 14.7 Å². The molecule has 0 bridgehead atoms. The minimum atomic E-state index is -1.02. The third kappa shape index (κ3) is 3.54. The van der Waals surface area contributed by atoms with Crippen LogP contribution in [0.25, 0.3) is 11.3 Å². The Labute approximate surface area is 132 Å². The van der Waals surface area contributed by atoms with Gasteiger partial charge in [-0.2, -0.15) is 0 Å². The number of carbonyl (C=O) groups excluding carboxylic acids is 1. The lowest BCUT2D eigenvalue weighted by Gasteiger charge is -2.19. The number of amides is 1. The summed E-state index contributed by atoms with van der Waals surface area (Å²) in [6.07, 6.45) is 2.37. The molecule has 2 atom stereocenters. The maximum Gasteiger partial charge on any atom is 0.326 e. The second-order valence-corrected chi connectivity index (χ2v) is 6.29. The summed E-state index contributed by atoms with van der Waals surface area (Å²) >= 11 is 1.54. The summed E-state index contributed by atoms with van der Waals surface area (Å²) in [6.45, 7) is 5.61. The van der Waals surface area contributed by atoms with E-state index in [1.54, 1.807) is 19.2 Å². The lowest BCUT2D eigenvalue weighted by Crippen LogP contribution is -2.45. The molecule has 0 unspecified atom stereocenters. The number of hydrogen-bond donors (Lipinski definition) is 3. The molecule has 0 fully saturated rings. The molecule has 2 rings (SSSR count). The van der Waals surface area contributed by atoms with Crippen molar-refractivity contribution in [2.24, 2.45) is 5.92 Å². The number of H-pyrrole nitrogens is 1. The van der Waals surface area contributed by atoms with Crippen LogP contribution < -0.4 is 5.32 Å². The topological polar surface area (TPSA) is 95.1 Å². The van der Waals surface area contributed by atoms with Gasteiger partial charge in [-0.25, -0.2) is 9.78 Å². The van der Waals surface area contributed by atoms with Gasteiger partial charge in [0.2, 0.25) is 0 Å². The lowest BCUT2D eigenvalue weighted by molar-refractivity contribution is -0.140. The normalized spacial score (nSPS) is 13.6. The van der Waals surface area contributed by atoms with Crippen LogP contribution in [0.2, 0.25) is 0 Å². The van der Waals surface area contributed by atoms with Crippen LogP contribution in [0.1, 0.15) is 35.8 Å². The minimum absolute atomic E-state index is 0.142. The SMILES string of the molecule is CC[C@H](C)[C@H](NC(=O)c1cc(-c2csc(C)n2)c[nH]1)C(=O)O. The molecule has 0 aliphatic heterocycles. The summed E-state index contributed by atoms with van der Waals surface area (Å²) in [4.78, 5) is 30.7. The smallest absolute Gasteiger partial charge is 0.326 e. The molecular weight excluding hydrogens is 302 g/mol. The fourth-order valence-electron chi connectivity index (χ4n) is 2.07. The zero-order chi connectivity index (χ0) is 16.3. The number of aromatic amines is 1. The first kappa shape index (κ1) is 16.2. The molecule has 2 aromatic heterocycles. The predicted molar refractivity (Wildman–Crippen MR) is 85.0 cm³/mol. The number of thiazole rings is 1. The molecule has 0 radical (unpaired) electrons. The highest BCUT2D eigenvalue weighted by Crippen LogP contribution is 2.22. The van der Waals surface area contributed by atoms with Crippen LogP contribution in [0, 0.1) is 12.8 Å². The number of hydrogen-bond acceptors (Lipinski definition) is 4. The van der Waals surface area contributed by atoms with Gasteiger partial charge in [-0.1, -0.05) is 20.3 Å². The Kier molecular flexibility index (Phi) is 4.97. The van der Waals surface area contributed by atoms with E-state index in [1.807, 2.05) is 19.2 Å². The van der Waals surface area contributed by atoms with Gasteiger partial charge < -0.3 is 15.4 Å². The summed E-state index contributed by atoms with van der Waals surface area (Å²) in [5, 5.41) is 14.7. The van der Waals surface area contributed by atoms with Crippen LogP contribution >= 0.6 is 11.3 Å². The van der Waals surface area contributed by atoms with Crippen molar-refractivity contribution in [3.05, 3.63) is 28.3 Å². The second kappa shape index (κ2) is 6.74. The number of nitrogens with zero attached hydrogens (tertiary/aromatic N) is 1. The number of carbonyl (C=O) groups is 2. The number of aryl methyl sites for hydroxylation is 1. The van der Waals surface area contributed by atoms with Gasteiger partial charge in [-0.3, -0.25) is 4.79 Å². The van der Waals surface area contributed by atoms with Gasteiger partial charge in [-0.15, -0.1) is 11.3 Å². The average Bonchev–Trinajstić information content (AvgIpc) is 3.11. The van der Waals surface area contributed by atoms with Crippen molar-refractivity contribution in [2.75, 3.05) is 0 Å². The lowest BCUT2D eigenvalue weighted by atomic mass is 9.99. The number of aliphatic carboxylic acids is 1. The summed E-state index contributed by atoms with van der Waals surface area (Å²) < 4.78 is 0. The number of rotatable bonds is 6. The summed E-state index contributed by atoms with van der Waals surface area (Å²) in [6, 6.07) is 0.782. The van der Waals surface area contributed by atoms with Gasteiger partial charge in [0.1, 0.15) is 11.7 Å². The standard InChI is InChI=1S/C15H19N3O3S/c1-4-8(2)13(15(20)21)18-14(19)11-5-10(6-16-11)12-7-22-9(3)17-12/h5-8,13,16H,4H2,1-3H3,(H,18,19)(H,20,21)/t8-,13-/m0/s1. The van der Waals surface area contributed by atoms with E-state index in [9.17, 15) is 14.7 Å². The average molecular weight is 321 g/mol. The highest BCUT2D eigenvalue weighted by Gasteiger charge is 2.26. The first-order valence-corrected chi connectivity index (χ1v) is 7.95. The third-order valence-corrected chi connectivity index (χ3v) is 4.38. The number of nitrogens with one attached hydrogen (secondary N) is 2. The van der Waals surface area contributed by atoms with E-state index in [4.69, 9.17) is 0 Å². The molecule has 118 valence electrons. The third-order valence-electron chi connectivity index (χ3n) is 3.61.